The van der Waals surface area contributed by atoms with E-state index in [1.807, 2.05) is 0 Å². The minimum atomic E-state index is -1.83. The molecule has 2 aliphatic heterocycles. The molecule has 0 unspecified atom stereocenters. The second kappa shape index (κ2) is 8.63. The van der Waals surface area contributed by atoms with Gasteiger partial charge in [-0.15, -0.1) is 0 Å². The Kier molecular flexibility index (Phi) is 5.61. The lowest BCUT2D eigenvalue weighted by Gasteiger charge is -2.31. The van der Waals surface area contributed by atoms with Crippen molar-refractivity contribution in [2.45, 2.75) is 18.0 Å². The fraction of sp³-hybridized carbons (Fsp3) is 0.222. The number of imide groups is 1. The van der Waals surface area contributed by atoms with Gasteiger partial charge in [-0.3, -0.25) is 19.7 Å². The molecule has 2 saturated heterocycles. The van der Waals surface area contributed by atoms with Crippen LogP contribution in [0.5, 0.6) is 5.75 Å². The van der Waals surface area contributed by atoms with Crippen molar-refractivity contribution in [1.29, 1.82) is 0 Å². The Morgan fingerprint density at radius 1 is 1.00 bits per heavy atom. The van der Waals surface area contributed by atoms with Gasteiger partial charge < -0.3 is 9.84 Å². The van der Waals surface area contributed by atoms with E-state index in [1.54, 1.807) is 60.7 Å². The third kappa shape index (κ3) is 3.49. The van der Waals surface area contributed by atoms with Crippen molar-refractivity contribution < 1.29 is 28.6 Å². The Hall–Kier alpha value is -4.04. The third-order valence-corrected chi connectivity index (χ3v) is 6.93. The first-order valence-corrected chi connectivity index (χ1v) is 11.2. The molecule has 0 radical (unpaired) electrons. The van der Waals surface area contributed by atoms with Gasteiger partial charge in [0.15, 0.2) is 0 Å². The number of carbonyl (C=O) groups is 3. The van der Waals surface area contributed by atoms with E-state index in [9.17, 15) is 23.9 Å². The van der Waals surface area contributed by atoms with Crippen LogP contribution in [0.4, 0.5) is 10.1 Å². The number of methoxy groups -OCH3 is 1. The van der Waals surface area contributed by atoms with Crippen molar-refractivity contribution >= 4 is 23.5 Å². The SMILES string of the molecule is COc1ccccc1N1C(=O)[C@@H]2[C@H](c3ccccc3F)N[C@@](Cc3ccccc3)(C(=O)O)[C@H]2C1=O. The van der Waals surface area contributed by atoms with Gasteiger partial charge in [0.2, 0.25) is 11.8 Å². The zero-order valence-corrected chi connectivity index (χ0v) is 18.9. The van der Waals surface area contributed by atoms with E-state index in [-0.39, 0.29) is 17.7 Å². The van der Waals surface area contributed by atoms with Crippen LogP contribution >= 0.6 is 0 Å². The number of halogens is 1. The number of benzene rings is 3. The van der Waals surface area contributed by atoms with Crippen molar-refractivity contribution in [2.75, 3.05) is 12.0 Å². The summed E-state index contributed by atoms with van der Waals surface area (Å²) in [6.45, 7) is 0. The number of hydrogen-bond acceptors (Lipinski definition) is 5. The summed E-state index contributed by atoms with van der Waals surface area (Å²) in [7, 11) is 1.42. The summed E-state index contributed by atoms with van der Waals surface area (Å²) < 4.78 is 20.3. The maximum Gasteiger partial charge on any atom is 0.325 e. The number of hydrogen-bond donors (Lipinski definition) is 2. The molecule has 2 aliphatic rings. The maximum absolute atomic E-state index is 14.9. The summed E-state index contributed by atoms with van der Waals surface area (Å²) >= 11 is 0. The molecule has 2 amide bonds. The second-order valence-corrected chi connectivity index (χ2v) is 8.77. The van der Waals surface area contributed by atoms with Gasteiger partial charge in [-0.1, -0.05) is 60.7 Å². The monoisotopic (exact) mass is 474 g/mol. The molecule has 178 valence electrons. The predicted molar refractivity (Wildman–Crippen MR) is 125 cm³/mol. The first-order chi connectivity index (χ1) is 16.9. The standard InChI is InChI=1S/C27H23FN2O5/c1-35-20-14-8-7-13-19(20)30-24(31)21-22(25(30)32)27(26(33)34,15-16-9-3-2-4-10-16)29-23(21)17-11-5-6-12-18(17)28/h2-14,21-23,29H,15H2,1H3,(H,33,34)/t21-,22+,23-,27+/m0/s1. The molecule has 2 fully saturated rings. The van der Waals surface area contributed by atoms with E-state index in [1.165, 1.54) is 25.3 Å². The maximum atomic E-state index is 14.9. The van der Waals surface area contributed by atoms with Gasteiger partial charge in [-0.2, -0.15) is 0 Å². The van der Waals surface area contributed by atoms with Crippen molar-refractivity contribution in [3.63, 3.8) is 0 Å². The minimum absolute atomic E-state index is 0.0614. The Morgan fingerprint density at radius 2 is 1.66 bits per heavy atom. The van der Waals surface area contributed by atoms with Crippen molar-refractivity contribution in [3.8, 4) is 5.75 Å². The Morgan fingerprint density at radius 3 is 2.34 bits per heavy atom. The molecule has 7 nitrogen and oxygen atoms in total. The number of carbonyl (C=O) groups excluding carboxylic acids is 2. The van der Waals surface area contributed by atoms with Crippen molar-refractivity contribution in [2.24, 2.45) is 11.8 Å². The molecule has 5 rings (SSSR count). The molecular weight excluding hydrogens is 451 g/mol. The van der Waals surface area contributed by atoms with Gasteiger partial charge in [0.1, 0.15) is 17.1 Å². The number of nitrogens with zero attached hydrogens (tertiary/aromatic N) is 1. The summed E-state index contributed by atoms with van der Waals surface area (Å²) in [6.07, 6.45) is -0.0614. The lowest BCUT2D eigenvalue weighted by Crippen LogP contribution is -2.57. The zero-order chi connectivity index (χ0) is 24.7. The molecule has 0 saturated carbocycles. The van der Waals surface area contributed by atoms with E-state index in [2.05, 4.69) is 5.32 Å². The van der Waals surface area contributed by atoms with Crippen LogP contribution in [-0.4, -0.2) is 35.5 Å². The van der Waals surface area contributed by atoms with E-state index in [4.69, 9.17) is 4.74 Å². The number of aliphatic carboxylic acids is 1. The molecule has 0 aliphatic carbocycles. The Bertz CT molecular complexity index is 1310. The van der Waals surface area contributed by atoms with Gasteiger partial charge in [0.05, 0.1) is 24.6 Å². The molecule has 2 N–H and O–H groups in total. The van der Waals surface area contributed by atoms with Crippen LogP contribution in [-0.2, 0) is 20.8 Å². The van der Waals surface area contributed by atoms with E-state index < -0.39 is 47.0 Å². The average Bonchev–Trinajstić information content (AvgIpc) is 3.34. The quantitative estimate of drug-likeness (QED) is 0.532. The number of anilines is 1. The smallest absolute Gasteiger partial charge is 0.325 e. The van der Waals surface area contributed by atoms with Crippen LogP contribution in [0.25, 0.3) is 0 Å². The number of ether oxygens (including phenoxy) is 1. The van der Waals surface area contributed by atoms with Crippen LogP contribution in [0.15, 0.2) is 78.9 Å². The Labute approximate surface area is 201 Å². The fourth-order valence-electron chi connectivity index (χ4n) is 5.40. The normalized spacial score (nSPS) is 25.5. The highest BCUT2D eigenvalue weighted by molar-refractivity contribution is 6.24. The molecule has 35 heavy (non-hydrogen) atoms. The third-order valence-electron chi connectivity index (χ3n) is 6.93. The Balaban J connectivity index is 1.69. The zero-order valence-electron chi connectivity index (χ0n) is 18.9. The predicted octanol–water partition coefficient (Wildman–Crippen LogP) is 3.35. The minimum Gasteiger partial charge on any atom is -0.495 e. The van der Waals surface area contributed by atoms with Crippen LogP contribution in [0.3, 0.4) is 0 Å². The van der Waals surface area contributed by atoms with Gasteiger partial charge in [0, 0.05) is 18.0 Å². The number of nitrogens with one attached hydrogen (secondary N) is 1. The molecule has 2 heterocycles. The number of amides is 2. The van der Waals surface area contributed by atoms with Gasteiger partial charge in [-0.25, -0.2) is 9.29 Å². The number of fused-ring (bicyclic) bond motifs is 1. The first kappa shape index (κ1) is 22.7. The first-order valence-electron chi connectivity index (χ1n) is 11.2. The molecule has 3 aromatic carbocycles. The largest absolute Gasteiger partial charge is 0.495 e. The summed E-state index contributed by atoms with van der Waals surface area (Å²) in [5.41, 5.74) is -0.790. The molecule has 0 aromatic heterocycles. The highest BCUT2D eigenvalue weighted by atomic mass is 19.1. The highest BCUT2D eigenvalue weighted by Gasteiger charge is 2.69. The van der Waals surface area contributed by atoms with Crippen LogP contribution < -0.4 is 15.0 Å². The number of carboxylic acids is 1. The van der Waals surface area contributed by atoms with Crippen molar-refractivity contribution in [3.05, 3.63) is 95.8 Å². The molecule has 0 bridgehead atoms. The summed E-state index contributed by atoms with van der Waals surface area (Å²) in [4.78, 5) is 41.6. The highest BCUT2D eigenvalue weighted by Crippen LogP contribution is 2.52. The van der Waals surface area contributed by atoms with Crippen LogP contribution in [0, 0.1) is 17.7 Å². The van der Waals surface area contributed by atoms with Gasteiger partial charge >= 0.3 is 5.97 Å². The average molecular weight is 474 g/mol. The molecule has 3 aromatic rings. The summed E-state index contributed by atoms with van der Waals surface area (Å²) in [5.74, 6) is -5.20. The lowest BCUT2D eigenvalue weighted by molar-refractivity contribution is -0.148. The lowest BCUT2D eigenvalue weighted by atomic mass is 9.76. The number of rotatable bonds is 6. The van der Waals surface area contributed by atoms with Crippen LogP contribution in [0.2, 0.25) is 0 Å². The fourth-order valence-corrected chi connectivity index (χ4v) is 5.40. The van der Waals surface area contributed by atoms with Gasteiger partial charge in [0.25, 0.3) is 0 Å². The topological polar surface area (TPSA) is 95.9 Å². The molecular formula is C27H23FN2O5. The van der Waals surface area contributed by atoms with E-state index in [0.717, 1.165) is 4.90 Å². The molecule has 4 atom stereocenters. The summed E-state index contributed by atoms with van der Waals surface area (Å²) in [5, 5.41) is 13.5. The summed E-state index contributed by atoms with van der Waals surface area (Å²) in [6, 6.07) is 20.3. The van der Waals surface area contributed by atoms with Crippen LogP contribution in [0.1, 0.15) is 17.2 Å². The number of para-hydroxylation sites is 2. The van der Waals surface area contributed by atoms with E-state index in [0.29, 0.717) is 11.3 Å². The van der Waals surface area contributed by atoms with Gasteiger partial charge in [-0.05, 0) is 23.8 Å². The molecule has 8 heteroatoms. The molecule has 0 spiro atoms. The van der Waals surface area contributed by atoms with Crippen molar-refractivity contribution in [1.82, 2.24) is 5.32 Å². The van der Waals surface area contributed by atoms with E-state index >= 15 is 0 Å². The number of carboxylic acid groups (broad SMARTS) is 1. The second-order valence-electron chi connectivity index (χ2n) is 8.77.